The van der Waals surface area contributed by atoms with E-state index in [-0.39, 0.29) is 5.82 Å². The highest BCUT2D eigenvalue weighted by atomic mass is 19.1. The second-order valence-electron chi connectivity index (χ2n) is 4.08. The molecule has 0 aliphatic heterocycles. The maximum Gasteiger partial charge on any atom is 0.139 e. The minimum absolute atomic E-state index is 0.213. The molecule has 1 aromatic carbocycles. The second-order valence-corrected chi connectivity index (χ2v) is 4.08. The number of rotatable bonds is 3. The lowest BCUT2D eigenvalue weighted by Crippen LogP contribution is -1.98. The Morgan fingerprint density at radius 1 is 1.17 bits per heavy atom. The molecule has 0 spiro atoms. The Kier molecular flexibility index (Phi) is 2.68. The lowest BCUT2D eigenvalue weighted by atomic mass is 10.2. The molecule has 0 saturated carbocycles. The Labute approximate surface area is 104 Å². The van der Waals surface area contributed by atoms with Crippen molar-refractivity contribution in [2.24, 2.45) is 0 Å². The van der Waals surface area contributed by atoms with Crippen molar-refractivity contribution in [2.45, 2.75) is 6.54 Å². The van der Waals surface area contributed by atoms with Gasteiger partial charge in [0.15, 0.2) is 0 Å². The molecular formula is C14H12FN3. The van der Waals surface area contributed by atoms with E-state index in [1.54, 1.807) is 18.3 Å². The number of nitrogens with one attached hydrogen (secondary N) is 2. The number of H-pyrrole nitrogens is 1. The van der Waals surface area contributed by atoms with Gasteiger partial charge in [0.2, 0.25) is 0 Å². The van der Waals surface area contributed by atoms with Crippen molar-refractivity contribution in [2.75, 3.05) is 5.32 Å². The van der Waals surface area contributed by atoms with Gasteiger partial charge >= 0.3 is 0 Å². The monoisotopic (exact) mass is 241 g/mol. The van der Waals surface area contributed by atoms with E-state index in [0.29, 0.717) is 6.54 Å². The van der Waals surface area contributed by atoms with Gasteiger partial charge < -0.3 is 10.3 Å². The molecule has 0 amide bonds. The van der Waals surface area contributed by atoms with Crippen molar-refractivity contribution in [3.63, 3.8) is 0 Å². The van der Waals surface area contributed by atoms with E-state index in [1.165, 1.54) is 12.1 Å². The molecular weight excluding hydrogens is 229 g/mol. The van der Waals surface area contributed by atoms with Gasteiger partial charge in [0.1, 0.15) is 11.5 Å². The van der Waals surface area contributed by atoms with E-state index in [2.05, 4.69) is 15.3 Å². The number of fused-ring (bicyclic) bond motifs is 1. The lowest BCUT2D eigenvalue weighted by Gasteiger charge is -2.04. The van der Waals surface area contributed by atoms with Crippen molar-refractivity contribution in [1.82, 2.24) is 9.97 Å². The first-order valence-electron chi connectivity index (χ1n) is 5.73. The van der Waals surface area contributed by atoms with Crippen LogP contribution in [0, 0.1) is 5.82 Å². The Balaban J connectivity index is 1.79. The van der Waals surface area contributed by atoms with E-state index in [0.717, 1.165) is 22.3 Å². The highest BCUT2D eigenvalue weighted by molar-refractivity contribution is 5.89. The largest absolute Gasteiger partial charge is 0.379 e. The van der Waals surface area contributed by atoms with Gasteiger partial charge in [-0.1, -0.05) is 12.1 Å². The average Bonchev–Trinajstić information content (AvgIpc) is 2.82. The molecule has 0 aliphatic carbocycles. The molecule has 3 nitrogen and oxygen atoms in total. The first-order chi connectivity index (χ1) is 8.83. The number of hydrogen-bond acceptors (Lipinski definition) is 2. The van der Waals surface area contributed by atoms with Gasteiger partial charge in [-0.05, 0) is 29.8 Å². The third kappa shape index (κ3) is 2.05. The molecule has 3 rings (SSSR count). The molecule has 2 aromatic heterocycles. The van der Waals surface area contributed by atoms with Gasteiger partial charge in [-0.15, -0.1) is 0 Å². The number of aromatic nitrogens is 2. The molecule has 0 aliphatic rings. The quantitative estimate of drug-likeness (QED) is 0.738. The first-order valence-corrected chi connectivity index (χ1v) is 5.73. The molecule has 90 valence electrons. The normalized spacial score (nSPS) is 10.7. The Morgan fingerprint density at radius 3 is 2.83 bits per heavy atom. The predicted molar refractivity (Wildman–Crippen MR) is 69.8 cm³/mol. The number of benzene rings is 1. The van der Waals surface area contributed by atoms with Crippen LogP contribution in [0.2, 0.25) is 0 Å². The molecule has 0 radical (unpaired) electrons. The van der Waals surface area contributed by atoms with Gasteiger partial charge in [-0.3, -0.25) is 0 Å². The van der Waals surface area contributed by atoms with E-state index >= 15 is 0 Å². The zero-order valence-electron chi connectivity index (χ0n) is 9.65. The second kappa shape index (κ2) is 4.49. The van der Waals surface area contributed by atoms with E-state index in [9.17, 15) is 4.39 Å². The number of hydrogen-bond donors (Lipinski definition) is 2. The maximum absolute atomic E-state index is 12.8. The molecule has 0 atom stereocenters. The third-order valence-corrected chi connectivity index (χ3v) is 2.85. The van der Waals surface area contributed by atoms with Crippen LogP contribution in [-0.4, -0.2) is 9.97 Å². The summed E-state index contributed by atoms with van der Waals surface area (Å²) in [5.41, 5.74) is 2.90. The van der Waals surface area contributed by atoms with Crippen molar-refractivity contribution in [3.8, 4) is 0 Å². The number of aromatic amines is 1. The minimum Gasteiger partial charge on any atom is -0.379 e. The van der Waals surface area contributed by atoms with Crippen LogP contribution < -0.4 is 5.32 Å². The van der Waals surface area contributed by atoms with Gasteiger partial charge in [0, 0.05) is 24.3 Å². The van der Waals surface area contributed by atoms with E-state index in [4.69, 9.17) is 0 Å². The summed E-state index contributed by atoms with van der Waals surface area (Å²) in [4.78, 5) is 7.32. The summed E-state index contributed by atoms with van der Waals surface area (Å²) < 4.78 is 12.8. The van der Waals surface area contributed by atoms with Crippen LogP contribution in [0.15, 0.2) is 48.8 Å². The molecule has 0 fully saturated rings. The van der Waals surface area contributed by atoms with Gasteiger partial charge in [-0.2, -0.15) is 0 Å². The molecule has 0 bridgehead atoms. The first kappa shape index (κ1) is 10.8. The predicted octanol–water partition coefficient (Wildman–Crippen LogP) is 3.31. The minimum atomic E-state index is -0.213. The zero-order chi connectivity index (χ0) is 12.4. The Bertz CT molecular complexity index is 658. The highest BCUT2D eigenvalue weighted by Crippen LogP contribution is 2.21. The zero-order valence-corrected chi connectivity index (χ0v) is 9.65. The fourth-order valence-electron chi connectivity index (χ4n) is 1.90. The summed E-state index contributed by atoms with van der Waals surface area (Å²) in [6.45, 7) is 0.655. The van der Waals surface area contributed by atoms with Crippen LogP contribution in [0.5, 0.6) is 0 Å². The van der Waals surface area contributed by atoms with E-state index in [1.807, 2.05) is 18.3 Å². The summed E-state index contributed by atoms with van der Waals surface area (Å²) in [5, 5.41) is 4.36. The number of pyridine rings is 1. The van der Waals surface area contributed by atoms with Crippen LogP contribution in [0.4, 0.5) is 10.1 Å². The van der Waals surface area contributed by atoms with Crippen molar-refractivity contribution >= 4 is 16.7 Å². The fourth-order valence-corrected chi connectivity index (χ4v) is 1.90. The summed E-state index contributed by atoms with van der Waals surface area (Å²) in [6, 6.07) is 10.4. The lowest BCUT2D eigenvalue weighted by molar-refractivity contribution is 0.627. The van der Waals surface area contributed by atoms with Crippen molar-refractivity contribution in [1.29, 1.82) is 0 Å². The van der Waals surface area contributed by atoms with Crippen molar-refractivity contribution < 1.29 is 4.39 Å². The maximum atomic E-state index is 12.8. The topological polar surface area (TPSA) is 40.7 Å². The molecule has 18 heavy (non-hydrogen) atoms. The molecule has 0 saturated heterocycles. The molecule has 2 heterocycles. The number of anilines is 1. The Morgan fingerprint density at radius 2 is 2.00 bits per heavy atom. The third-order valence-electron chi connectivity index (χ3n) is 2.85. The van der Waals surface area contributed by atoms with Gasteiger partial charge in [0.25, 0.3) is 0 Å². The summed E-state index contributed by atoms with van der Waals surface area (Å²) >= 11 is 0. The van der Waals surface area contributed by atoms with Crippen LogP contribution in [-0.2, 0) is 6.54 Å². The van der Waals surface area contributed by atoms with E-state index < -0.39 is 0 Å². The molecule has 0 unspecified atom stereocenters. The highest BCUT2D eigenvalue weighted by Gasteiger charge is 2.03. The molecule has 3 aromatic rings. The number of halogens is 1. The summed E-state index contributed by atoms with van der Waals surface area (Å²) in [5.74, 6) is -0.213. The van der Waals surface area contributed by atoms with Gasteiger partial charge in [-0.25, -0.2) is 9.37 Å². The number of nitrogens with zero attached hydrogens (tertiary/aromatic N) is 1. The van der Waals surface area contributed by atoms with Crippen molar-refractivity contribution in [3.05, 3.63) is 60.2 Å². The van der Waals surface area contributed by atoms with Crippen LogP contribution >= 0.6 is 0 Å². The average molecular weight is 241 g/mol. The Hall–Kier alpha value is -2.36. The molecule has 4 heteroatoms. The summed E-state index contributed by atoms with van der Waals surface area (Å²) in [6.07, 6.45) is 3.64. The van der Waals surface area contributed by atoms with Gasteiger partial charge in [0.05, 0.1) is 5.69 Å². The van der Waals surface area contributed by atoms with Crippen LogP contribution in [0.1, 0.15) is 5.56 Å². The summed E-state index contributed by atoms with van der Waals surface area (Å²) in [7, 11) is 0. The smallest absolute Gasteiger partial charge is 0.139 e. The SMILES string of the molecule is Fc1ccc(CNc2c[nH]c3ncccc23)cc1. The standard InChI is InChI=1S/C14H12FN3/c15-11-5-3-10(4-6-11)8-17-13-9-18-14-12(13)2-1-7-16-14/h1-7,9,17H,8H2,(H,16,18). The fraction of sp³-hybridized carbons (Fsp3) is 0.0714. The van der Waals surface area contributed by atoms with Crippen LogP contribution in [0.25, 0.3) is 11.0 Å². The van der Waals surface area contributed by atoms with Crippen LogP contribution in [0.3, 0.4) is 0 Å². The molecule has 2 N–H and O–H groups in total.